The van der Waals surface area contributed by atoms with E-state index in [4.69, 9.17) is 5.84 Å². The van der Waals surface area contributed by atoms with Crippen LogP contribution in [0.4, 0.5) is 5.82 Å². The molecule has 1 saturated heterocycles. The molecule has 1 amide bonds. The summed E-state index contributed by atoms with van der Waals surface area (Å²) in [6.07, 6.45) is 2.19. The van der Waals surface area contributed by atoms with E-state index in [1.165, 1.54) is 0 Å². The van der Waals surface area contributed by atoms with Crippen molar-refractivity contribution in [2.75, 3.05) is 18.5 Å². The zero-order valence-corrected chi connectivity index (χ0v) is 12.5. The third-order valence-electron chi connectivity index (χ3n) is 4.12. The molecule has 1 aliphatic rings. The minimum atomic E-state index is 0.0780. The van der Waals surface area contributed by atoms with Gasteiger partial charge in [0.05, 0.1) is 0 Å². The molecule has 1 aliphatic heterocycles. The van der Waals surface area contributed by atoms with Crippen LogP contribution < -0.4 is 11.3 Å². The molecule has 20 heavy (non-hydrogen) atoms. The van der Waals surface area contributed by atoms with E-state index in [-0.39, 0.29) is 5.91 Å². The SMILES string of the molecule is Cc1cc(C(=O)N2CCC(C(C)C)CC2)cc(NN)n1. The van der Waals surface area contributed by atoms with Gasteiger partial charge in [0, 0.05) is 24.3 Å². The second-order valence-corrected chi connectivity index (χ2v) is 5.90. The Kier molecular flexibility index (Phi) is 4.60. The number of hydrogen-bond acceptors (Lipinski definition) is 4. The fourth-order valence-corrected chi connectivity index (χ4v) is 2.82. The number of piperidine rings is 1. The highest BCUT2D eigenvalue weighted by Crippen LogP contribution is 2.25. The van der Waals surface area contributed by atoms with Crippen LogP contribution in [0.2, 0.25) is 0 Å². The number of rotatable bonds is 3. The lowest BCUT2D eigenvalue weighted by Crippen LogP contribution is -2.39. The number of pyridine rings is 1. The largest absolute Gasteiger partial charge is 0.339 e. The molecule has 0 atom stereocenters. The Balaban J connectivity index is 2.07. The topological polar surface area (TPSA) is 71.2 Å². The van der Waals surface area contributed by atoms with Crippen molar-refractivity contribution in [2.45, 2.75) is 33.6 Å². The fourth-order valence-electron chi connectivity index (χ4n) is 2.82. The molecule has 0 radical (unpaired) electrons. The fraction of sp³-hybridized carbons (Fsp3) is 0.600. The summed E-state index contributed by atoms with van der Waals surface area (Å²) in [6.45, 7) is 8.06. The molecule has 5 nitrogen and oxygen atoms in total. The predicted molar refractivity (Wildman–Crippen MR) is 80.2 cm³/mol. The number of carbonyl (C=O) groups excluding carboxylic acids is 1. The molecule has 0 aromatic carbocycles. The van der Waals surface area contributed by atoms with Crippen molar-refractivity contribution in [3.05, 3.63) is 23.4 Å². The van der Waals surface area contributed by atoms with Crippen molar-refractivity contribution in [2.24, 2.45) is 17.7 Å². The Morgan fingerprint density at radius 3 is 2.60 bits per heavy atom. The van der Waals surface area contributed by atoms with Gasteiger partial charge in [-0.2, -0.15) is 0 Å². The van der Waals surface area contributed by atoms with Crippen LogP contribution in [0.3, 0.4) is 0 Å². The summed E-state index contributed by atoms with van der Waals surface area (Å²) in [6, 6.07) is 3.53. The monoisotopic (exact) mass is 276 g/mol. The van der Waals surface area contributed by atoms with Crippen molar-refractivity contribution in [3.8, 4) is 0 Å². The molecule has 0 spiro atoms. The number of nitrogen functional groups attached to an aromatic ring is 1. The minimum Gasteiger partial charge on any atom is -0.339 e. The second-order valence-electron chi connectivity index (χ2n) is 5.90. The van der Waals surface area contributed by atoms with E-state index in [1.54, 1.807) is 6.07 Å². The van der Waals surface area contributed by atoms with E-state index in [9.17, 15) is 4.79 Å². The van der Waals surface area contributed by atoms with Crippen LogP contribution in [0.1, 0.15) is 42.7 Å². The molecular weight excluding hydrogens is 252 g/mol. The molecule has 5 heteroatoms. The summed E-state index contributed by atoms with van der Waals surface area (Å²) in [4.78, 5) is 18.7. The number of nitrogens with two attached hydrogens (primary N) is 1. The molecule has 2 heterocycles. The normalized spacial score (nSPS) is 16.6. The van der Waals surface area contributed by atoms with Crippen LogP contribution in [0.5, 0.6) is 0 Å². The van der Waals surface area contributed by atoms with Crippen LogP contribution in [-0.4, -0.2) is 28.9 Å². The van der Waals surface area contributed by atoms with Crippen molar-refractivity contribution >= 4 is 11.7 Å². The van der Waals surface area contributed by atoms with Gasteiger partial charge in [-0.05, 0) is 43.7 Å². The maximum atomic E-state index is 12.5. The van der Waals surface area contributed by atoms with Gasteiger partial charge in [0.2, 0.25) is 0 Å². The van der Waals surface area contributed by atoms with Gasteiger partial charge in [0.15, 0.2) is 0 Å². The number of amides is 1. The van der Waals surface area contributed by atoms with Crippen molar-refractivity contribution < 1.29 is 4.79 Å². The number of carbonyl (C=O) groups is 1. The third-order valence-corrected chi connectivity index (χ3v) is 4.12. The summed E-state index contributed by atoms with van der Waals surface area (Å²) in [5.41, 5.74) is 3.96. The zero-order valence-electron chi connectivity index (χ0n) is 12.5. The number of hydrogen-bond donors (Lipinski definition) is 2. The molecule has 0 saturated carbocycles. The van der Waals surface area contributed by atoms with Gasteiger partial charge in [-0.1, -0.05) is 13.8 Å². The van der Waals surface area contributed by atoms with Gasteiger partial charge >= 0.3 is 0 Å². The molecular formula is C15H24N4O. The van der Waals surface area contributed by atoms with Gasteiger partial charge < -0.3 is 10.3 Å². The molecule has 110 valence electrons. The lowest BCUT2D eigenvalue weighted by Gasteiger charge is -2.34. The maximum absolute atomic E-state index is 12.5. The summed E-state index contributed by atoms with van der Waals surface area (Å²) in [5, 5.41) is 0. The summed E-state index contributed by atoms with van der Waals surface area (Å²) in [7, 11) is 0. The first-order chi connectivity index (χ1) is 9.51. The summed E-state index contributed by atoms with van der Waals surface area (Å²) >= 11 is 0. The van der Waals surface area contributed by atoms with E-state index in [0.29, 0.717) is 17.3 Å². The van der Waals surface area contributed by atoms with Gasteiger partial charge in [0.25, 0.3) is 5.91 Å². The Morgan fingerprint density at radius 2 is 2.05 bits per heavy atom. The second kappa shape index (κ2) is 6.22. The van der Waals surface area contributed by atoms with E-state index < -0.39 is 0 Å². The summed E-state index contributed by atoms with van der Waals surface area (Å²) < 4.78 is 0. The van der Waals surface area contributed by atoms with Gasteiger partial charge in [-0.15, -0.1) is 0 Å². The standard InChI is InChI=1S/C15H24N4O/c1-10(2)12-4-6-19(7-5-12)15(20)13-8-11(3)17-14(9-13)18-16/h8-10,12H,4-7,16H2,1-3H3,(H,17,18). The number of anilines is 1. The molecule has 3 N–H and O–H groups in total. The number of nitrogens with one attached hydrogen (secondary N) is 1. The average molecular weight is 276 g/mol. The van der Waals surface area contributed by atoms with Crippen LogP contribution >= 0.6 is 0 Å². The van der Waals surface area contributed by atoms with Crippen LogP contribution in [0.15, 0.2) is 12.1 Å². The van der Waals surface area contributed by atoms with Gasteiger partial charge in [0.1, 0.15) is 5.82 Å². The van der Waals surface area contributed by atoms with E-state index in [1.807, 2.05) is 17.9 Å². The quantitative estimate of drug-likeness (QED) is 0.655. The molecule has 0 aliphatic carbocycles. The molecule has 0 bridgehead atoms. The number of nitrogens with zero attached hydrogens (tertiary/aromatic N) is 2. The molecule has 0 unspecified atom stereocenters. The van der Waals surface area contributed by atoms with Crippen molar-refractivity contribution in [1.29, 1.82) is 0 Å². The van der Waals surface area contributed by atoms with Crippen LogP contribution in [0, 0.1) is 18.8 Å². The number of hydrazine groups is 1. The lowest BCUT2D eigenvalue weighted by molar-refractivity contribution is 0.0667. The van der Waals surface area contributed by atoms with Gasteiger partial charge in [-0.3, -0.25) is 4.79 Å². The highest BCUT2D eigenvalue weighted by molar-refractivity contribution is 5.95. The number of aromatic nitrogens is 1. The minimum absolute atomic E-state index is 0.0780. The Hall–Kier alpha value is -1.62. The molecule has 1 aromatic heterocycles. The third kappa shape index (κ3) is 3.28. The molecule has 2 rings (SSSR count). The number of aryl methyl sites for hydroxylation is 1. The van der Waals surface area contributed by atoms with Crippen molar-refractivity contribution in [1.82, 2.24) is 9.88 Å². The van der Waals surface area contributed by atoms with Crippen molar-refractivity contribution in [3.63, 3.8) is 0 Å². The lowest BCUT2D eigenvalue weighted by atomic mass is 9.86. The smallest absolute Gasteiger partial charge is 0.254 e. The Morgan fingerprint density at radius 1 is 1.40 bits per heavy atom. The van der Waals surface area contributed by atoms with Crippen LogP contribution in [-0.2, 0) is 0 Å². The maximum Gasteiger partial charge on any atom is 0.254 e. The highest BCUT2D eigenvalue weighted by Gasteiger charge is 2.25. The first-order valence-electron chi connectivity index (χ1n) is 7.26. The van der Waals surface area contributed by atoms with Crippen LogP contribution in [0.25, 0.3) is 0 Å². The van der Waals surface area contributed by atoms with E-state index in [2.05, 4.69) is 24.3 Å². The van der Waals surface area contributed by atoms with E-state index in [0.717, 1.165) is 37.5 Å². The Labute approximate surface area is 120 Å². The van der Waals surface area contributed by atoms with Gasteiger partial charge in [-0.25, -0.2) is 10.8 Å². The first kappa shape index (κ1) is 14.8. The molecule has 1 fully saturated rings. The Bertz CT molecular complexity index is 479. The summed E-state index contributed by atoms with van der Waals surface area (Å²) in [5.74, 6) is 7.42. The molecule has 1 aromatic rings. The average Bonchev–Trinajstić information content (AvgIpc) is 2.45. The predicted octanol–water partition coefficient (Wildman–Crippen LogP) is 2.18. The van der Waals surface area contributed by atoms with E-state index >= 15 is 0 Å². The highest BCUT2D eigenvalue weighted by atomic mass is 16.2. The zero-order chi connectivity index (χ0) is 14.7. The first-order valence-corrected chi connectivity index (χ1v) is 7.26. The number of likely N-dealkylation sites (tertiary alicyclic amines) is 1.